The van der Waals surface area contributed by atoms with Crippen molar-refractivity contribution in [2.75, 3.05) is 0 Å². The fraction of sp³-hybridized carbons (Fsp3) is 0.467. The first kappa shape index (κ1) is 14.7. The number of nitrogens with one attached hydrogen (secondary N) is 1. The monoisotopic (exact) mass is 276 g/mol. The summed E-state index contributed by atoms with van der Waals surface area (Å²) in [5, 5.41) is 3.30. The Balaban J connectivity index is 2.36. The minimum Gasteiger partial charge on any atom is -0.310 e. The lowest BCUT2D eigenvalue weighted by molar-refractivity contribution is 0.575. The fourth-order valence-corrected chi connectivity index (χ4v) is 2.07. The van der Waals surface area contributed by atoms with Crippen molar-refractivity contribution in [1.29, 1.82) is 0 Å². The average Bonchev–Trinajstić information content (AvgIpc) is 2.85. The lowest BCUT2D eigenvalue weighted by Gasteiger charge is -2.14. The van der Waals surface area contributed by atoms with Crippen molar-refractivity contribution in [2.45, 2.75) is 46.2 Å². The topological polar surface area (TPSA) is 42.7 Å². The number of hydrogen-bond donors (Lipinski definition) is 1. The third kappa shape index (κ3) is 3.42. The molecule has 0 aliphatic rings. The third-order valence-corrected chi connectivity index (χ3v) is 3.03. The molecule has 0 fully saturated rings. The van der Waals surface area contributed by atoms with Crippen LogP contribution in [0.4, 0.5) is 4.39 Å². The normalized spacial score (nSPS) is 11.2. The van der Waals surface area contributed by atoms with E-state index in [-0.39, 0.29) is 5.82 Å². The summed E-state index contributed by atoms with van der Waals surface area (Å²) in [6.07, 6.45) is 6.78. The quantitative estimate of drug-likeness (QED) is 0.882. The van der Waals surface area contributed by atoms with Crippen LogP contribution in [0.3, 0.4) is 0 Å². The van der Waals surface area contributed by atoms with Crippen LogP contribution >= 0.6 is 0 Å². The second kappa shape index (κ2) is 6.61. The molecule has 2 rings (SSSR count). The predicted molar refractivity (Wildman–Crippen MR) is 77.3 cm³/mol. The van der Waals surface area contributed by atoms with E-state index >= 15 is 0 Å². The molecule has 4 nitrogen and oxygen atoms in total. The van der Waals surface area contributed by atoms with Gasteiger partial charge in [-0.1, -0.05) is 20.8 Å². The zero-order valence-electron chi connectivity index (χ0n) is 12.2. The largest absolute Gasteiger partial charge is 0.310 e. The van der Waals surface area contributed by atoms with Gasteiger partial charge in [0.05, 0.1) is 6.20 Å². The molecule has 2 aromatic rings. The van der Waals surface area contributed by atoms with Crippen LogP contribution in [0.1, 0.15) is 38.6 Å². The van der Waals surface area contributed by atoms with Crippen molar-refractivity contribution >= 4 is 0 Å². The van der Waals surface area contributed by atoms with E-state index in [1.54, 1.807) is 6.20 Å². The molecule has 0 saturated carbocycles. The smallest absolute Gasteiger partial charge is 0.142 e. The lowest BCUT2D eigenvalue weighted by atomic mass is 10.2. The molecule has 108 valence electrons. The Morgan fingerprint density at radius 1 is 1.35 bits per heavy atom. The molecule has 5 heteroatoms. The summed E-state index contributed by atoms with van der Waals surface area (Å²) in [6, 6.07) is 1.87. The van der Waals surface area contributed by atoms with Crippen LogP contribution in [0.25, 0.3) is 5.82 Å². The molecule has 0 aliphatic heterocycles. The van der Waals surface area contributed by atoms with Crippen molar-refractivity contribution in [3.8, 4) is 5.82 Å². The molecule has 0 radical (unpaired) electrons. The van der Waals surface area contributed by atoms with Crippen molar-refractivity contribution in [3.05, 3.63) is 41.9 Å². The zero-order chi connectivity index (χ0) is 14.5. The molecule has 1 N–H and O–H groups in total. The second-order valence-corrected chi connectivity index (χ2v) is 5.14. The molecule has 20 heavy (non-hydrogen) atoms. The Morgan fingerprint density at radius 2 is 2.15 bits per heavy atom. The molecular formula is C15H21FN4. The van der Waals surface area contributed by atoms with E-state index in [2.05, 4.69) is 36.1 Å². The molecule has 0 aliphatic carbocycles. The summed E-state index contributed by atoms with van der Waals surface area (Å²) in [7, 11) is 0. The van der Waals surface area contributed by atoms with Crippen LogP contribution in [-0.4, -0.2) is 20.6 Å². The number of rotatable bonds is 6. The van der Waals surface area contributed by atoms with Crippen molar-refractivity contribution in [1.82, 2.24) is 19.9 Å². The van der Waals surface area contributed by atoms with Crippen LogP contribution in [0.2, 0.25) is 0 Å². The lowest BCUT2D eigenvalue weighted by Crippen LogP contribution is -2.23. The molecule has 0 spiro atoms. The predicted octanol–water partition coefficient (Wildman–Crippen LogP) is 2.86. The van der Waals surface area contributed by atoms with E-state index in [1.165, 1.54) is 12.3 Å². The van der Waals surface area contributed by atoms with Crippen LogP contribution < -0.4 is 5.32 Å². The average molecular weight is 276 g/mol. The van der Waals surface area contributed by atoms with E-state index in [0.29, 0.717) is 12.6 Å². The van der Waals surface area contributed by atoms with Gasteiger partial charge in [0.15, 0.2) is 0 Å². The molecular weight excluding hydrogens is 255 g/mol. The summed E-state index contributed by atoms with van der Waals surface area (Å²) >= 11 is 0. The van der Waals surface area contributed by atoms with Crippen LogP contribution in [0.15, 0.2) is 24.7 Å². The standard InChI is InChI=1S/C15H21FN4/c1-4-5-14-17-6-7-20(14)15-12(9-18-11(2)3)8-13(16)10-19-15/h6-8,10-11,18H,4-5,9H2,1-3H3. The van der Waals surface area contributed by atoms with Crippen LogP contribution in [0, 0.1) is 5.82 Å². The summed E-state index contributed by atoms with van der Waals surface area (Å²) in [5.41, 5.74) is 0.842. The highest BCUT2D eigenvalue weighted by molar-refractivity contribution is 5.35. The van der Waals surface area contributed by atoms with Crippen molar-refractivity contribution in [3.63, 3.8) is 0 Å². The van der Waals surface area contributed by atoms with Crippen molar-refractivity contribution in [2.24, 2.45) is 0 Å². The fourth-order valence-electron chi connectivity index (χ4n) is 2.07. The molecule has 2 aromatic heterocycles. The summed E-state index contributed by atoms with van der Waals surface area (Å²) in [5.74, 6) is 1.39. The number of imidazole rings is 1. The zero-order valence-corrected chi connectivity index (χ0v) is 12.2. The van der Waals surface area contributed by atoms with E-state index < -0.39 is 0 Å². The summed E-state index contributed by atoms with van der Waals surface area (Å²) in [6.45, 7) is 6.82. The summed E-state index contributed by atoms with van der Waals surface area (Å²) < 4.78 is 15.4. The van der Waals surface area contributed by atoms with Gasteiger partial charge in [-0.2, -0.15) is 0 Å². The van der Waals surface area contributed by atoms with E-state index in [9.17, 15) is 4.39 Å². The number of halogens is 1. The van der Waals surface area contributed by atoms with Crippen LogP contribution in [-0.2, 0) is 13.0 Å². The SMILES string of the molecule is CCCc1nccn1-c1ncc(F)cc1CNC(C)C. The molecule has 0 atom stereocenters. The molecule has 0 bridgehead atoms. The first-order valence-corrected chi connectivity index (χ1v) is 7.02. The number of aryl methyl sites for hydroxylation is 1. The first-order chi connectivity index (χ1) is 9.61. The van der Waals surface area contributed by atoms with E-state index in [4.69, 9.17) is 0 Å². The van der Waals surface area contributed by atoms with Gasteiger partial charge in [0.1, 0.15) is 17.5 Å². The Labute approximate surface area is 119 Å². The van der Waals surface area contributed by atoms with Gasteiger partial charge in [-0.05, 0) is 12.5 Å². The Bertz CT molecular complexity index is 563. The van der Waals surface area contributed by atoms with Gasteiger partial charge in [-0.15, -0.1) is 0 Å². The number of hydrogen-bond acceptors (Lipinski definition) is 3. The minimum absolute atomic E-state index is 0.313. The second-order valence-electron chi connectivity index (χ2n) is 5.14. The van der Waals surface area contributed by atoms with Gasteiger partial charge in [0, 0.05) is 37.0 Å². The Kier molecular flexibility index (Phi) is 4.84. The maximum atomic E-state index is 13.4. The van der Waals surface area contributed by atoms with Crippen LogP contribution in [0.5, 0.6) is 0 Å². The Morgan fingerprint density at radius 3 is 2.85 bits per heavy atom. The summed E-state index contributed by atoms with van der Waals surface area (Å²) in [4.78, 5) is 8.60. The highest BCUT2D eigenvalue weighted by Gasteiger charge is 2.12. The van der Waals surface area contributed by atoms with Gasteiger partial charge >= 0.3 is 0 Å². The van der Waals surface area contributed by atoms with Gasteiger partial charge in [-0.25, -0.2) is 14.4 Å². The molecule has 2 heterocycles. The van der Waals surface area contributed by atoms with Gasteiger partial charge < -0.3 is 5.32 Å². The molecule has 0 aromatic carbocycles. The maximum Gasteiger partial charge on any atom is 0.142 e. The highest BCUT2D eigenvalue weighted by atomic mass is 19.1. The van der Waals surface area contributed by atoms with Gasteiger partial charge in [0.25, 0.3) is 0 Å². The van der Waals surface area contributed by atoms with Crippen molar-refractivity contribution < 1.29 is 4.39 Å². The third-order valence-electron chi connectivity index (χ3n) is 3.03. The minimum atomic E-state index is -0.313. The van der Waals surface area contributed by atoms with Gasteiger partial charge in [0.2, 0.25) is 0 Å². The Hall–Kier alpha value is -1.75. The maximum absolute atomic E-state index is 13.4. The number of pyridine rings is 1. The van der Waals surface area contributed by atoms with E-state index in [0.717, 1.165) is 30.0 Å². The number of aromatic nitrogens is 3. The molecule has 0 saturated heterocycles. The molecule has 0 amide bonds. The number of nitrogens with zero attached hydrogens (tertiary/aromatic N) is 3. The molecule has 0 unspecified atom stereocenters. The van der Waals surface area contributed by atoms with Gasteiger partial charge in [-0.3, -0.25) is 4.57 Å². The highest BCUT2D eigenvalue weighted by Crippen LogP contribution is 2.16. The first-order valence-electron chi connectivity index (χ1n) is 7.02. The van der Waals surface area contributed by atoms with E-state index in [1.807, 2.05) is 10.8 Å².